The number of hydrogen-bond donors (Lipinski definition) is 3. The number of aromatic nitrogens is 2. The van der Waals surface area contributed by atoms with E-state index in [0.29, 0.717) is 25.4 Å². The fourth-order valence-corrected chi connectivity index (χ4v) is 5.94. The molecule has 2 fully saturated rings. The van der Waals surface area contributed by atoms with E-state index in [-0.39, 0.29) is 24.1 Å². The predicted octanol–water partition coefficient (Wildman–Crippen LogP) is 3.86. The molecule has 218 valence electrons. The Morgan fingerprint density at radius 2 is 1.83 bits per heavy atom. The van der Waals surface area contributed by atoms with Crippen LogP contribution in [-0.4, -0.2) is 63.1 Å². The highest BCUT2D eigenvalue weighted by molar-refractivity contribution is 5.96. The van der Waals surface area contributed by atoms with Crippen molar-refractivity contribution < 1.29 is 27.9 Å². The molecule has 1 saturated heterocycles. The minimum absolute atomic E-state index is 0.0756. The quantitative estimate of drug-likeness (QED) is 0.402. The van der Waals surface area contributed by atoms with Gasteiger partial charge in [-0.1, -0.05) is 30.3 Å². The van der Waals surface area contributed by atoms with E-state index in [1.807, 2.05) is 42.1 Å². The molecule has 1 atom stereocenters. The van der Waals surface area contributed by atoms with Gasteiger partial charge in [0.25, 0.3) is 5.91 Å². The summed E-state index contributed by atoms with van der Waals surface area (Å²) in [6.07, 6.45) is 2.78. The monoisotopic (exact) mass is 569 g/mol. The molecule has 1 aliphatic carbocycles. The Morgan fingerprint density at radius 3 is 2.49 bits per heavy atom. The molecular formula is C30H34F3N5O3. The smallest absolute Gasteiger partial charge is 0.385 e. The van der Waals surface area contributed by atoms with Crippen LogP contribution >= 0.6 is 0 Å². The molecule has 1 aromatic heterocycles. The van der Waals surface area contributed by atoms with Crippen LogP contribution in [0.1, 0.15) is 53.6 Å². The van der Waals surface area contributed by atoms with E-state index in [1.165, 1.54) is 6.07 Å². The molecule has 3 N–H and O–H groups in total. The molecule has 8 nitrogen and oxygen atoms in total. The summed E-state index contributed by atoms with van der Waals surface area (Å²) < 4.78 is 40.7. The maximum absolute atomic E-state index is 12.9. The van der Waals surface area contributed by atoms with Crippen LogP contribution in [0.5, 0.6) is 0 Å². The predicted molar refractivity (Wildman–Crippen MR) is 147 cm³/mol. The van der Waals surface area contributed by atoms with Gasteiger partial charge in [0, 0.05) is 37.8 Å². The van der Waals surface area contributed by atoms with E-state index in [4.69, 9.17) is 0 Å². The zero-order chi connectivity index (χ0) is 29.2. The average Bonchev–Trinajstić information content (AvgIpc) is 3.61. The number of carbonyl (C=O) groups is 2. The van der Waals surface area contributed by atoms with Crippen molar-refractivity contribution in [3.8, 4) is 11.3 Å². The normalized spacial score (nSPS) is 23.3. The molecule has 0 spiro atoms. The molecular weight excluding hydrogens is 535 g/mol. The first-order chi connectivity index (χ1) is 19.5. The van der Waals surface area contributed by atoms with E-state index in [2.05, 4.69) is 20.5 Å². The Labute approximate surface area is 236 Å². The van der Waals surface area contributed by atoms with Gasteiger partial charge in [-0.15, -0.1) is 0 Å². The summed E-state index contributed by atoms with van der Waals surface area (Å²) >= 11 is 0. The van der Waals surface area contributed by atoms with Crippen molar-refractivity contribution in [3.05, 3.63) is 77.7 Å². The van der Waals surface area contributed by atoms with Crippen molar-refractivity contribution in [2.24, 2.45) is 7.05 Å². The van der Waals surface area contributed by atoms with E-state index in [9.17, 15) is 27.9 Å². The molecule has 5 rings (SSSR count). The van der Waals surface area contributed by atoms with Gasteiger partial charge in [-0.2, -0.15) is 13.2 Å². The van der Waals surface area contributed by atoms with Crippen molar-refractivity contribution in [1.29, 1.82) is 0 Å². The van der Waals surface area contributed by atoms with Gasteiger partial charge in [0.1, 0.15) is 0 Å². The van der Waals surface area contributed by atoms with Crippen LogP contribution in [0.3, 0.4) is 0 Å². The van der Waals surface area contributed by atoms with E-state index in [1.54, 1.807) is 6.33 Å². The van der Waals surface area contributed by atoms with Gasteiger partial charge >= 0.3 is 6.18 Å². The summed E-state index contributed by atoms with van der Waals surface area (Å²) in [5.41, 5.74) is 1.04. The summed E-state index contributed by atoms with van der Waals surface area (Å²) in [6.45, 7) is 1.18. The lowest BCUT2D eigenvalue weighted by Gasteiger charge is -2.40. The van der Waals surface area contributed by atoms with Crippen molar-refractivity contribution in [3.63, 3.8) is 0 Å². The van der Waals surface area contributed by atoms with E-state index >= 15 is 0 Å². The zero-order valence-corrected chi connectivity index (χ0v) is 22.8. The second-order valence-electron chi connectivity index (χ2n) is 11.0. The number of carbonyl (C=O) groups excluding carboxylic acids is 2. The number of aryl methyl sites for hydroxylation is 1. The molecule has 2 aliphatic rings. The Kier molecular flexibility index (Phi) is 8.19. The zero-order valence-electron chi connectivity index (χ0n) is 22.8. The lowest BCUT2D eigenvalue weighted by Crippen LogP contribution is -2.45. The summed E-state index contributed by atoms with van der Waals surface area (Å²) in [4.78, 5) is 31.2. The van der Waals surface area contributed by atoms with Gasteiger partial charge in [-0.05, 0) is 61.4 Å². The molecule has 1 saturated carbocycles. The number of rotatable bonds is 7. The number of amides is 2. The molecule has 1 aliphatic heterocycles. The van der Waals surface area contributed by atoms with E-state index < -0.39 is 23.2 Å². The number of nitrogens with one attached hydrogen (secondary N) is 2. The minimum atomic E-state index is -4.55. The molecule has 0 radical (unpaired) electrons. The Bertz CT molecular complexity index is 1380. The number of nitrogens with zero attached hydrogens (tertiary/aromatic N) is 3. The molecule has 11 heteroatoms. The lowest BCUT2D eigenvalue weighted by atomic mass is 9.77. The third-order valence-corrected chi connectivity index (χ3v) is 8.28. The second-order valence-corrected chi connectivity index (χ2v) is 11.0. The Morgan fingerprint density at radius 1 is 1.10 bits per heavy atom. The van der Waals surface area contributed by atoms with Crippen LogP contribution < -0.4 is 10.6 Å². The summed E-state index contributed by atoms with van der Waals surface area (Å²) in [5.74, 6) is -1.12. The standard InChI is InChI=1S/C30H34F3N5O3/c1-37-19-34-16-26(37)20-5-7-22(8-6-20)29(41)12-9-25(10-13-29)38-14-11-24(18-38)36-27(39)17-35-28(40)21-3-2-4-23(15-21)30(31,32)33/h2-8,15-16,19,24-25,41H,9-14,17-18H2,1H3,(H,35,40)(H,36,39). The van der Waals surface area contributed by atoms with Gasteiger partial charge in [-0.3, -0.25) is 14.5 Å². The number of benzene rings is 2. The van der Waals surface area contributed by atoms with Crippen molar-refractivity contribution in [2.75, 3.05) is 19.6 Å². The van der Waals surface area contributed by atoms with E-state index in [0.717, 1.165) is 60.8 Å². The Hall–Kier alpha value is -3.70. The molecule has 41 heavy (non-hydrogen) atoms. The topological polar surface area (TPSA) is 99.5 Å². The Balaban J connectivity index is 1.07. The molecule has 2 aromatic carbocycles. The van der Waals surface area contributed by atoms with Gasteiger partial charge in [-0.25, -0.2) is 4.98 Å². The highest BCUT2D eigenvalue weighted by atomic mass is 19.4. The van der Waals surface area contributed by atoms with Crippen molar-refractivity contribution >= 4 is 11.8 Å². The van der Waals surface area contributed by atoms with Gasteiger partial charge in [0.05, 0.1) is 35.9 Å². The highest BCUT2D eigenvalue weighted by Crippen LogP contribution is 2.40. The fraction of sp³-hybridized carbons (Fsp3) is 0.433. The molecule has 3 aromatic rings. The maximum atomic E-state index is 12.9. The van der Waals surface area contributed by atoms with Crippen LogP contribution in [0.2, 0.25) is 0 Å². The summed E-state index contributed by atoms with van der Waals surface area (Å²) in [5, 5.41) is 16.7. The minimum Gasteiger partial charge on any atom is -0.385 e. The van der Waals surface area contributed by atoms with Crippen molar-refractivity contribution in [1.82, 2.24) is 25.1 Å². The van der Waals surface area contributed by atoms with Crippen molar-refractivity contribution in [2.45, 2.75) is 56.0 Å². The number of hydrogen-bond acceptors (Lipinski definition) is 5. The summed E-state index contributed by atoms with van der Waals surface area (Å²) in [7, 11) is 1.95. The first kappa shape index (κ1) is 28.8. The second kappa shape index (κ2) is 11.7. The van der Waals surface area contributed by atoms with Crippen LogP contribution in [-0.2, 0) is 23.6 Å². The first-order valence-electron chi connectivity index (χ1n) is 13.8. The van der Waals surface area contributed by atoms with Crippen LogP contribution in [0.15, 0.2) is 61.1 Å². The third kappa shape index (κ3) is 6.62. The largest absolute Gasteiger partial charge is 0.416 e. The lowest BCUT2D eigenvalue weighted by molar-refractivity contribution is -0.137. The summed E-state index contributed by atoms with van der Waals surface area (Å²) in [6, 6.07) is 12.4. The fourth-order valence-electron chi connectivity index (χ4n) is 5.94. The number of aliphatic hydroxyl groups is 1. The SMILES string of the molecule is Cn1cncc1-c1ccc(C2(O)CCC(N3CCC(NC(=O)CNC(=O)c4cccc(C(F)(F)F)c4)C3)CC2)cc1. The van der Waals surface area contributed by atoms with Crippen LogP contribution in [0, 0.1) is 0 Å². The number of likely N-dealkylation sites (tertiary alicyclic amines) is 1. The molecule has 1 unspecified atom stereocenters. The molecule has 2 heterocycles. The number of imidazole rings is 1. The van der Waals surface area contributed by atoms with Gasteiger partial charge in [0.15, 0.2) is 0 Å². The average molecular weight is 570 g/mol. The third-order valence-electron chi connectivity index (χ3n) is 8.28. The van der Waals surface area contributed by atoms with Gasteiger partial charge < -0.3 is 20.3 Å². The highest BCUT2D eigenvalue weighted by Gasteiger charge is 2.38. The first-order valence-corrected chi connectivity index (χ1v) is 13.8. The van der Waals surface area contributed by atoms with Crippen LogP contribution in [0.25, 0.3) is 11.3 Å². The number of halogens is 3. The molecule has 0 bridgehead atoms. The molecule has 2 amide bonds. The maximum Gasteiger partial charge on any atom is 0.416 e. The van der Waals surface area contributed by atoms with Crippen LogP contribution in [0.4, 0.5) is 13.2 Å². The number of alkyl halides is 3. The van der Waals surface area contributed by atoms with Gasteiger partial charge in [0.2, 0.25) is 5.91 Å².